The van der Waals surface area contributed by atoms with E-state index < -0.39 is 0 Å². The molecule has 82 valence electrons. The molecule has 3 nitrogen and oxygen atoms in total. The second kappa shape index (κ2) is 2.90. The van der Waals surface area contributed by atoms with E-state index in [0.717, 1.165) is 11.6 Å². The van der Waals surface area contributed by atoms with Crippen LogP contribution >= 0.6 is 34.2 Å². The number of fused-ring (bicyclic) bond motifs is 1. The van der Waals surface area contributed by atoms with Crippen LogP contribution in [0.3, 0.4) is 0 Å². The van der Waals surface area contributed by atoms with E-state index in [1.807, 2.05) is 6.20 Å². The van der Waals surface area contributed by atoms with Crippen molar-refractivity contribution in [3.63, 3.8) is 0 Å². The molecule has 5 heteroatoms. The highest BCUT2D eigenvalue weighted by atomic mass is 127. The summed E-state index contributed by atoms with van der Waals surface area (Å²) in [5.41, 5.74) is 2.39. The summed E-state index contributed by atoms with van der Waals surface area (Å²) in [4.78, 5) is 11.9. The number of nitrogens with one attached hydrogen (secondary N) is 1. The highest BCUT2D eigenvalue weighted by molar-refractivity contribution is 14.1. The minimum atomic E-state index is 0.331. The molecule has 0 aromatic carbocycles. The molecule has 0 aliphatic heterocycles. The number of hydrogen-bond acceptors (Lipinski definition) is 2. The van der Waals surface area contributed by atoms with Gasteiger partial charge >= 0.3 is 0 Å². The molecule has 2 heterocycles. The molecule has 2 bridgehead atoms. The first-order chi connectivity index (χ1) is 7.68. The summed E-state index contributed by atoms with van der Waals surface area (Å²) in [6.45, 7) is 0. The second-order valence-corrected chi connectivity index (χ2v) is 6.46. The SMILES string of the molecule is Clc1nc(C23CC(C2)C3)c2c(I)c[nH]c2n1. The van der Waals surface area contributed by atoms with E-state index in [1.54, 1.807) is 0 Å². The van der Waals surface area contributed by atoms with Crippen LogP contribution in [0, 0.1) is 9.49 Å². The summed E-state index contributed by atoms with van der Waals surface area (Å²) < 4.78 is 1.20. The molecule has 0 unspecified atom stereocenters. The van der Waals surface area contributed by atoms with Crippen molar-refractivity contribution in [2.75, 3.05) is 0 Å². The van der Waals surface area contributed by atoms with Crippen molar-refractivity contribution in [3.8, 4) is 0 Å². The third kappa shape index (κ3) is 1.05. The average Bonchev–Trinajstić information content (AvgIpc) is 2.41. The first kappa shape index (κ1) is 9.65. The van der Waals surface area contributed by atoms with Crippen LogP contribution in [0.15, 0.2) is 6.20 Å². The molecule has 3 aliphatic rings. The lowest BCUT2D eigenvalue weighted by Gasteiger charge is -2.61. The van der Waals surface area contributed by atoms with Gasteiger partial charge in [0.15, 0.2) is 0 Å². The Bertz CT molecular complexity index is 590. The molecule has 0 atom stereocenters. The fraction of sp³-hybridized carbons (Fsp3) is 0.455. The molecular weight excluding hydrogens is 336 g/mol. The van der Waals surface area contributed by atoms with E-state index in [1.165, 1.54) is 33.9 Å². The predicted octanol–water partition coefficient (Wildman–Crippen LogP) is 3.27. The molecule has 3 saturated carbocycles. The van der Waals surface area contributed by atoms with E-state index >= 15 is 0 Å². The Balaban J connectivity index is 2.05. The zero-order valence-corrected chi connectivity index (χ0v) is 11.3. The molecule has 3 aliphatic carbocycles. The smallest absolute Gasteiger partial charge is 0.224 e. The van der Waals surface area contributed by atoms with Gasteiger partial charge in [0.05, 0.1) is 11.1 Å². The highest BCUT2D eigenvalue weighted by Gasteiger charge is 2.59. The molecule has 0 amide bonds. The zero-order chi connectivity index (χ0) is 10.9. The number of rotatable bonds is 1. The van der Waals surface area contributed by atoms with Crippen LogP contribution in [0.25, 0.3) is 11.0 Å². The van der Waals surface area contributed by atoms with Crippen LogP contribution in [0.1, 0.15) is 25.0 Å². The molecule has 3 fully saturated rings. The van der Waals surface area contributed by atoms with E-state index in [2.05, 4.69) is 37.5 Å². The molecule has 5 rings (SSSR count). The molecular formula is C11H9ClIN3. The molecule has 0 radical (unpaired) electrons. The number of aromatic nitrogens is 3. The van der Waals surface area contributed by atoms with Gasteiger partial charge in [-0.1, -0.05) is 0 Å². The van der Waals surface area contributed by atoms with E-state index in [0.29, 0.717) is 10.7 Å². The first-order valence-electron chi connectivity index (χ1n) is 5.39. The van der Waals surface area contributed by atoms with Gasteiger partial charge in [0, 0.05) is 15.2 Å². The van der Waals surface area contributed by atoms with Gasteiger partial charge in [0.25, 0.3) is 0 Å². The van der Waals surface area contributed by atoms with Crippen molar-refractivity contribution in [3.05, 3.63) is 20.7 Å². The lowest BCUT2D eigenvalue weighted by molar-refractivity contribution is -0.0296. The van der Waals surface area contributed by atoms with Gasteiger partial charge in [-0.25, -0.2) is 4.98 Å². The van der Waals surface area contributed by atoms with Gasteiger partial charge in [0.1, 0.15) is 5.65 Å². The largest absolute Gasteiger partial charge is 0.345 e. The standard InChI is InChI=1S/C11H9ClIN3/c12-10-15-8(11-1-5(2-11)3-11)7-6(13)4-14-9(7)16-10/h4-5H,1-3H2,(H,14,15,16). The van der Waals surface area contributed by atoms with E-state index in [-0.39, 0.29) is 0 Å². The minimum Gasteiger partial charge on any atom is -0.345 e. The normalized spacial score (nSPS) is 31.2. The van der Waals surface area contributed by atoms with Crippen LogP contribution in [-0.4, -0.2) is 15.0 Å². The Morgan fingerprint density at radius 2 is 2.12 bits per heavy atom. The minimum absolute atomic E-state index is 0.331. The third-order valence-electron chi connectivity index (χ3n) is 4.00. The monoisotopic (exact) mass is 345 g/mol. The van der Waals surface area contributed by atoms with Crippen molar-refractivity contribution >= 4 is 45.2 Å². The molecule has 0 saturated heterocycles. The average molecular weight is 346 g/mol. The first-order valence-corrected chi connectivity index (χ1v) is 6.84. The van der Waals surface area contributed by atoms with Crippen molar-refractivity contribution in [1.29, 1.82) is 0 Å². The Morgan fingerprint density at radius 3 is 2.75 bits per heavy atom. The van der Waals surface area contributed by atoms with Gasteiger partial charge in [-0.2, -0.15) is 4.98 Å². The number of H-pyrrole nitrogens is 1. The van der Waals surface area contributed by atoms with Crippen LogP contribution in [0.4, 0.5) is 0 Å². The second-order valence-electron chi connectivity index (χ2n) is 4.96. The molecule has 2 aromatic heterocycles. The van der Waals surface area contributed by atoms with Crippen LogP contribution in [0.2, 0.25) is 5.28 Å². The maximum Gasteiger partial charge on any atom is 0.224 e. The summed E-state index contributed by atoms with van der Waals surface area (Å²) in [6, 6.07) is 0. The van der Waals surface area contributed by atoms with Gasteiger partial charge < -0.3 is 4.98 Å². The van der Waals surface area contributed by atoms with Gasteiger partial charge in [0.2, 0.25) is 5.28 Å². The lowest BCUT2D eigenvalue weighted by atomic mass is 9.43. The maximum absolute atomic E-state index is 5.99. The molecule has 1 N–H and O–H groups in total. The van der Waals surface area contributed by atoms with Crippen molar-refractivity contribution in [1.82, 2.24) is 15.0 Å². The van der Waals surface area contributed by atoms with E-state index in [4.69, 9.17) is 11.6 Å². The molecule has 16 heavy (non-hydrogen) atoms. The maximum atomic E-state index is 5.99. The summed E-state index contributed by atoms with van der Waals surface area (Å²) in [5, 5.41) is 1.55. The molecule has 0 spiro atoms. The fourth-order valence-electron chi connectivity index (χ4n) is 3.12. The van der Waals surface area contributed by atoms with Gasteiger partial charge in [-0.3, -0.25) is 0 Å². The van der Waals surface area contributed by atoms with Crippen molar-refractivity contribution in [2.24, 2.45) is 5.92 Å². The molecule has 2 aromatic rings. The number of hydrogen-bond donors (Lipinski definition) is 1. The summed E-state index contributed by atoms with van der Waals surface area (Å²) in [6.07, 6.45) is 5.84. The Kier molecular flexibility index (Phi) is 1.75. The summed E-state index contributed by atoms with van der Waals surface area (Å²) in [7, 11) is 0. The van der Waals surface area contributed by atoms with Crippen LogP contribution in [-0.2, 0) is 5.41 Å². The topological polar surface area (TPSA) is 41.6 Å². The Hall–Kier alpha value is -0.360. The number of halogens is 2. The summed E-state index contributed by atoms with van der Waals surface area (Å²) in [5.74, 6) is 0.945. The lowest BCUT2D eigenvalue weighted by Crippen LogP contribution is -2.55. The number of aromatic amines is 1. The van der Waals surface area contributed by atoms with Crippen LogP contribution < -0.4 is 0 Å². The van der Waals surface area contributed by atoms with Gasteiger partial charge in [-0.05, 0) is 59.4 Å². The van der Waals surface area contributed by atoms with Crippen molar-refractivity contribution < 1.29 is 0 Å². The zero-order valence-electron chi connectivity index (χ0n) is 8.43. The third-order valence-corrected chi connectivity index (χ3v) is 5.02. The predicted molar refractivity (Wildman–Crippen MR) is 70.6 cm³/mol. The fourth-order valence-corrected chi connectivity index (χ4v) is 3.96. The van der Waals surface area contributed by atoms with Gasteiger partial charge in [-0.15, -0.1) is 0 Å². The highest BCUT2D eigenvalue weighted by Crippen LogP contribution is 2.65. The number of nitrogens with zero attached hydrogens (tertiary/aromatic N) is 2. The van der Waals surface area contributed by atoms with Crippen LogP contribution in [0.5, 0.6) is 0 Å². The summed E-state index contributed by atoms with van der Waals surface area (Å²) >= 11 is 8.33. The quantitative estimate of drug-likeness (QED) is 0.637. The van der Waals surface area contributed by atoms with E-state index in [9.17, 15) is 0 Å². The Labute approximate surface area is 111 Å². The van der Waals surface area contributed by atoms with Crippen molar-refractivity contribution in [2.45, 2.75) is 24.7 Å². The Morgan fingerprint density at radius 1 is 1.38 bits per heavy atom.